The zero-order valence-corrected chi connectivity index (χ0v) is 9.58. The molecule has 3 N–H and O–H groups in total. The minimum Gasteiger partial charge on any atom is -0.399 e. The Hall–Kier alpha value is -1.59. The minimum absolute atomic E-state index is 0.250. The van der Waals surface area contributed by atoms with Crippen LogP contribution in [0.4, 0.5) is 5.69 Å². The molecule has 2 rings (SSSR count). The normalized spacial score (nSPS) is 11.8. The van der Waals surface area contributed by atoms with Gasteiger partial charge in [0.1, 0.15) is 0 Å². The molecule has 0 radical (unpaired) electrons. The Bertz CT molecular complexity index is 635. The number of hydrogen-bond donors (Lipinski definition) is 2. The van der Waals surface area contributed by atoms with Crippen LogP contribution in [0.15, 0.2) is 41.3 Å². The average Bonchev–Trinajstić information content (AvgIpc) is 2.28. The largest absolute Gasteiger partial charge is 0.399 e. The maximum absolute atomic E-state index is 11.8. The Kier molecular flexibility index (Phi) is 2.57. The van der Waals surface area contributed by atoms with E-state index in [1.807, 2.05) is 6.07 Å². The van der Waals surface area contributed by atoms with E-state index in [0.29, 0.717) is 11.1 Å². The van der Waals surface area contributed by atoms with Crippen LogP contribution in [0, 0.1) is 0 Å². The molecule has 0 unspecified atom stereocenters. The van der Waals surface area contributed by atoms with Gasteiger partial charge in [-0.3, -0.25) is 0 Å². The highest BCUT2D eigenvalue weighted by Crippen LogP contribution is 2.24. The fourth-order valence-corrected chi connectivity index (χ4v) is 2.55. The molecule has 2 aromatic rings. The Balaban J connectivity index is 2.85. The van der Waals surface area contributed by atoms with Crippen molar-refractivity contribution >= 4 is 26.5 Å². The molecular formula is C11H12N2O2S. The third-order valence-corrected chi connectivity index (χ3v) is 3.90. The minimum atomic E-state index is -3.45. The molecule has 0 spiro atoms. The number of nitrogen functional groups attached to an aromatic ring is 1. The highest BCUT2D eigenvalue weighted by Gasteiger charge is 2.14. The first kappa shape index (κ1) is 10.9. The van der Waals surface area contributed by atoms with Crippen molar-refractivity contribution in [2.24, 2.45) is 0 Å². The first-order valence-electron chi connectivity index (χ1n) is 4.76. The van der Waals surface area contributed by atoms with Gasteiger partial charge in [-0.2, -0.15) is 0 Å². The van der Waals surface area contributed by atoms with E-state index in [9.17, 15) is 8.42 Å². The lowest BCUT2D eigenvalue weighted by Crippen LogP contribution is -2.18. The van der Waals surface area contributed by atoms with Crippen LogP contribution >= 0.6 is 0 Å². The third kappa shape index (κ3) is 1.75. The lowest BCUT2D eigenvalue weighted by atomic mass is 10.1. The van der Waals surface area contributed by atoms with Crippen LogP contribution in [0.3, 0.4) is 0 Å². The van der Waals surface area contributed by atoms with Gasteiger partial charge in [0.2, 0.25) is 10.0 Å². The number of hydrogen-bond acceptors (Lipinski definition) is 3. The molecule has 0 heterocycles. The second-order valence-electron chi connectivity index (χ2n) is 3.44. The first-order chi connectivity index (χ1) is 7.54. The molecule has 0 saturated carbocycles. The van der Waals surface area contributed by atoms with Crippen LogP contribution in [0.2, 0.25) is 0 Å². The van der Waals surface area contributed by atoms with Gasteiger partial charge in [-0.15, -0.1) is 0 Å². The lowest BCUT2D eigenvalue weighted by molar-refractivity contribution is 0.589. The van der Waals surface area contributed by atoms with E-state index in [4.69, 9.17) is 5.73 Å². The van der Waals surface area contributed by atoms with E-state index in [0.717, 1.165) is 5.39 Å². The topological polar surface area (TPSA) is 72.2 Å². The maximum atomic E-state index is 11.8. The molecule has 0 aliphatic carbocycles. The fourth-order valence-electron chi connectivity index (χ4n) is 1.61. The van der Waals surface area contributed by atoms with Crippen molar-refractivity contribution in [2.45, 2.75) is 4.90 Å². The maximum Gasteiger partial charge on any atom is 0.240 e. The first-order valence-corrected chi connectivity index (χ1v) is 6.25. The monoisotopic (exact) mass is 236 g/mol. The number of nitrogens with two attached hydrogens (primary N) is 1. The average molecular weight is 236 g/mol. The molecule has 0 aromatic heterocycles. The number of rotatable bonds is 2. The van der Waals surface area contributed by atoms with Gasteiger partial charge in [-0.05, 0) is 30.6 Å². The van der Waals surface area contributed by atoms with E-state index in [1.54, 1.807) is 30.3 Å². The van der Waals surface area contributed by atoms with Gasteiger partial charge in [0.25, 0.3) is 0 Å². The lowest BCUT2D eigenvalue weighted by Gasteiger charge is -2.07. The summed E-state index contributed by atoms with van der Waals surface area (Å²) in [7, 11) is -2.06. The van der Waals surface area contributed by atoms with E-state index in [2.05, 4.69) is 4.72 Å². The highest BCUT2D eigenvalue weighted by atomic mass is 32.2. The molecule has 2 aromatic carbocycles. The van der Waals surface area contributed by atoms with Crippen molar-refractivity contribution in [3.05, 3.63) is 36.4 Å². The summed E-state index contributed by atoms with van der Waals surface area (Å²) >= 11 is 0. The summed E-state index contributed by atoms with van der Waals surface area (Å²) in [5, 5.41) is 1.49. The van der Waals surface area contributed by atoms with Crippen LogP contribution in [0.25, 0.3) is 10.8 Å². The third-order valence-electron chi connectivity index (χ3n) is 2.42. The van der Waals surface area contributed by atoms with Gasteiger partial charge < -0.3 is 5.73 Å². The van der Waals surface area contributed by atoms with Crippen LogP contribution in [0.1, 0.15) is 0 Å². The Labute approximate surface area is 94.1 Å². The molecule has 0 bridgehead atoms. The van der Waals surface area contributed by atoms with Crippen molar-refractivity contribution in [2.75, 3.05) is 12.8 Å². The second kappa shape index (κ2) is 3.77. The molecule has 5 heteroatoms. The molecule has 4 nitrogen and oxygen atoms in total. The zero-order valence-electron chi connectivity index (χ0n) is 8.77. The van der Waals surface area contributed by atoms with Gasteiger partial charge in [0.15, 0.2) is 0 Å². The standard InChI is InChI=1S/C11H12N2O2S/c1-13-16(14,15)11-4-2-3-8-5-6-9(12)7-10(8)11/h2-7,13H,12H2,1H3. The summed E-state index contributed by atoms with van der Waals surface area (Å²) < 4.78 is 25.8. The molecule has 0 aliphatic heterocycles. The number of nitrogens with one attached hydrogen (secondary N) is 1. The summed E-state index contributed by atoms with van der Waals surface area (Å²) in [5.74, 6) is 0. The highest BCUT2D eigenvalue weighted by molar-refractivity contribution is 7.89. The fraction of sp³-hybridized carbons (Fsp3) is 0.0909. The summed E-state index contributed by atoms with van der Waals surface area (Å²) in [6.45, 7) is 0. The van der Waals surface area contributed by atoms with Gasteiger partial charge in [-0.25, -0.2) is 13.1 Å². The van der Waals surface area contributed by atoms with Crippen LogP contribution in [0.5, 0.6) is 0 Å². The molecule has 0 atom stereocenters. The predicted molar refractivity (Wildman–Crippen MR) is 64.6 cm³/mol. The number of anilines is 1. The van der Waals surface area contributed by atoms with Crippen molar-refractivity contribution < 1.29 is 8.42 Å². The van der Waals surface area contributed by atoms with Gasteiger partial charge >= 0.3 is 0 Å². The van der Waals surface area contributed by atoms with Crippen LogP contribution in [-0.4, -0.2) is 15.5 Å². The van der Waals surface area contributed by atoms with Crippen molar-refractivity contribution in [1.29, 1.82) is 0 Å². The van der Waals surface area contributed by atoms with Crippen LogP contribution in [-0.2, 0) is 10.0 Å². The van der Waals surface area contributed by atoms with E-state index in [1.165, 1.54) is 7.05 Å². The predicted octanol–water partition coefficient (Wildman–Crippen LogP) is 1.33. The molecule has 0 amide bonds. The van der Waals surface area contributed by atoms with E-state index < -0.39 is 10.0 Å². The van der Waals surface area contributed by atoms with Crippen molar-refractivity contribution in [1.82, 2.24) is 4.72 Å². The molecule has 16 heavy (non-hydrogen) atoms. The number of fused-ring (bicyclic) bond motifs is 1. The second-order valence-corrected chi connectivity index (χ2v) is 5.30. The van der Waals surface area contributed by atoms with Crippen molar-refractivity contribution in [3.63, 3.8) is 0 Å². The molecule has 0 fully saturated rings. The molecule has 0 saturated heterocycles. The van der Waals surface area contributed by atoms with Gasteiger partial charge in [-0.1, -0.05) is 18.2 Å². The Morgan fingerprint density at radius 3 is 2.62 bits per heavy atom. The van der Waals surface area contributed by atoms with Crippen LogP contribution < -0.4 is 10.5 Å². The zero-order chi connectivity index (χ0) is 11.8. The summed E-state index contributed by atoms with van der Waals surface area (Å²) in [5.41, 5.74) is 6.21. The molecule has 84 valence electrons. The summed E-state index contributed by atoms with van der Waals surface area (Å²) in [6, 6.07) is 10.3. The SMILES string of the molecule is CNS(=O)(=O)c1cccc2ccc(N)cc12. The Morgan fingerprint density at radius 1 is 1.19 bits per heavy atom. The summed E-state index contributed by atoms with van der Waals surface area (Å²) in [4.78, 5) is 0.250. The number of benzene rings is 2. The van der Waals surface area contributed by atoms with Gasteiger partial charge in [0.05, 0.1) is 4.90 Å². The van der Waals surface area contributed by atoms with Crippen molar-refractivity contribution in [3.8, 4) is 0 Å². The van der Waals surface area contributed by atoms with Gasteiger partial charge in [0, 0.05) is 11.1 Å². The van der Waals surface area contributed by atoms with E-state index in [-0.39, 0.29) is 4.90 Å². The molecule has 0 aliphatic rings. The Morgan fingerprint density at radius 2 is 1.94 bits per heavy atom. The summed E-state index contributed by atoms with van der Waals surface area (Å²) in [6.07, 6.45) is 0. The van der Waals surface area contributed by atoms with E-state index >= 15 is 0 Å². The number of sulfonamides is 1. The smallest absolute Gasteiger partial charge is 0.240 e. The molecular weight excluding hydrogens is 224 g/mol. The quantitative estimate of drug-likeness (QED) is 0.773.